The molecule has 0 radical (unpaired) electrons. The first-order valence-corrected chi connectivity index (χ1v) is 3.97. The van der Waals surface area contributed by atoms with E-state index >= 15 is 0 Å². The van der Waals surface area contributed by atoms with E-state index in [0.29, 0.717) is 6.29 Å². The number of hydrogen-bond donors (Lipinski definition) is 1. The van der Waals surface area contributed by atoms with Gasteiger partial charge in [0.05, 0.1) is 5.75 Å². The van der Waals surface area contributed by atoms with Crippen molar-refractivity contribution >= 4 is 16.4 Å². The van der Waals surface area contributed by atoms with Gasteiger partial charge < -0.3 is 4.79 Å². The Bertz CT molecular complexity index is 185. The average Bonchev–Trinajstić information content (AvgIpc) is 1.62. The zero-order valence-electron chi connectivity index (χ0n) is 5.94. The Morgan fingerprint density at radius 3 is 2.10 bits per heavy atom. The summed E-state index contributed by atoms with van der Waals surface area (Å²) in [7, 11) is -3.97. The molecule has 0 aromatic heterocycles. The smallest absolute Gasteiger partial charge is 0.303 e. The summed E-state index contributed by atoms with van der Waals surface area (Å²) in [4.78, 5) is 9.81. The summed E-state index contributed by atoms with van der Waals surface area (Å²) in [6.07, 6.45) is 0.480. The molecule has 0 saturated heterocycles. The Hall–Kier alpha value is 0.580. The third kappa shape index (κ3) is 8.58. The second kappa shape index (κ2) is 5.26. The van der Waals surface area contributed by atoms with E-state index in [-0.39, 0.29) is 29.6 Å². The third-order valence-corrected chi connectivity index (χ3v) is 1.65. The van der Waals surface area contributed by atoms with Gasteiger partial charge in [0.2, 0.25) is 0 Å². The first-order valence-electron chi connectivity index (χ1n) is 2.36. The topological polar surface area (TPSA) is 71.4 Å². The molecule has 0 aromatic carbocycles. The van der Waals surface area contributed by atoms with Gasteiger partial charge in [0.1, 0.15) is 6.29 Å². The van der Waals surface area contributed by atoms with E-state index in [0.717, 1.165) is 0 Å². The minimum Gasteiger partial charge on any atom is -0.303 e. The molecule has 0 heterocycles. The van der Waals surface area contributed by atoms with Crippen LogP contribution in [0.4, 0.5) is 0 Å². The van der Waals surface area contributed by atoms with Crippen LogP contribution in [-0.2, 0) is 14.9 Å². The Balaban J connectivity index is 0. The van der Waals surface area contributed by atoms with Crippen molar-refractivity contribution in [1.82, 2.24) is 0 Å². The van der Waals surface area contributed by atoms with Gasteiger partial charge in [-0.15, -0.1) is 0 Å². The molecule has 1 N–H and O–H groups in total. The van der Waals surface area contributed by atoms with Crippen LogP contribution in [0, 0.1) is 5.92 Å². The van der Waals surface area contributed by atoms with E-state index in [1.165, 1.54) is 6.92 Å². The molecular weight excluding hydrogens is 167 g/mol. The van der Waals surface area contributed by atoms with E-state index in [2.05, 4.69) is 0 Å². The fourth-order valence-electron chi connectivity index (χ4n) is 0.372. The fourth-order valence-corrected chi connectivity index (χ4v) is 1.11. The van der Waals surface area contributed by atoms with E-state index in [1.807, 2.05) is 0 Å². The van der Waals surface area contributed by atoms with E-state index in [9.17, 15) is 13.2 Å². The minimum absolute atomic E-state index is 0. The van der Waals surface area contributed by atoms with E-state index in [1.54, 1.807) is 0 Å². The molecule has 0 amide bonds. The van der Waals surface area contributed by atoms with Crippen molar-refractivity contribution in [3.8, 4) is 0 Å². The number of carbonyl (C=O) groups excluding carboxylic acids is 1. The molecule has 1 atom stereocenters. The van der Waals surface area contributed by atoms with Crippen molar-refractivity contribution in [2.75, 3.05) is 5.75 Å². The van der Waals surface area contributed by atoms with Gasteiger partial charge in [-0.3, -0.25) is 4.55 Å². The van der Waals surface area contributed by atoms with Crippen LogP contribution >= 0.6 is 0 Å². The van der Waals surface area contributed by atoms with Gasteiger partial charge in [0.15, 0.2) is 0 Å². The summed E-state index contributed by atoms with van der Waals surface area (Å²) in [5.74, 6) is -1.11. The fraction of sp³-hybridized carbons (Fsp3) is 0.750. The standard InChI is InChI=1S/C4H8O4S.Na/c1-4(2-5)3-9(6,7)8;/h2,4H,3H2,1H3,(H,6,7,8);/q;+1. The molecule has 6 heteroatoms. The van der Waals surface area contributed by atoms with Crippen molar-refractivity contribution in [3.05, 3.63) is 0 Å². The van der Waals surface area contributed by atoms with Gasteiger partial charge in [-0.1, -0.05) is 6.92 Å². The number of hydrogen-bond acceptors (Lipinski definition) is 3. The van der Waals surface area contributed by atoms with Crippen molar-refractivity contribution in [1.29, 1.82) is 0 Å². The quantitative estimate of drug-likeness (QED) is 0.277. The molecule has 1 unspecified atom stereocenters. The second-order valence-electron chi connectivity index (χ2n) is 1.86. The molecular formula is C4H8NaO4S+. The van der Waals surface area contributed by atoms with Crippen molar-refractivity contribution in [2.24, 2.45) is 5.92 Å². The maximum Gasteiger partial charge on any atom is 1.00 e. The predicted molar refractivity (Wildman–Crippen MR) is 31.6 cm³/mol. The van der Waals surface area contributed by atoms with Crippen LogP contribution in [-0.4, -0.2) is 25.0 Å². The first kappa shape index (κ1) is 13.2. The Morgan fingerprint density at radius 1 is 1.60 bits per heavy atom. The molecule has 0 bridgehead atoms. The molecule has 0 aliphatic carbocycles. The van der Waals surface area contributed by atoms with Gasteiger partial charge >= 0.3 is 29.6 Å². The van der Waals surface area contributed by atoms with Gasteiger partial charge in [-0.25, -0.2) is 0 Å². The minimum atomic E-state index is -3.97. The third-order valence-electron chi connectivity index (χ3n) is 0.706. The van der Waals surface area contributed by atoms with Gasteiger partial charge in [-0.2, -0.15) is 8.42 Å². The van der Waals surface area contributed by atoms with Crippen molar-refractivity contribution in [3.63, 3.8) is 0 Å². The molecule has 0 saturated carbocycles. The van der Waals surface area contributed by atoms with Crippen LogP contribution in [0.3, 0.4) is 0 Å². The molecule has 0 fully saturated rings. The van der Waals surface area contributed by atoms with Crippen LogP contribution in [0.2, 0.25) is 0 Å². The number of carbonyl (C=O) groups is 1. The van der Waals surface area contributed by atoms with Crippen molar-refractivity contribution in [2.45, 2.75) is 6.92 Å². The Labute approximate surface area is 82.0 Å². The first-order chi connectivity index (χ1) is 3.95. The Morgan fingerprint density at radius 2 is 2.00 bits per heavy atom. The molecule has 0 spiro atoms. The maximum atomic E-state index is 10.00. The van der Waals surface area contributed by atoms with Crippen LogP contribution in [0.25, 0.3) is 0 Å². The zero-order chi connectivity index (χ0) is 7.49. The van der Waals surface area contributed by atoms with Gasteiger partial charge in [0, 0.05) is 5.92 Å². The van der Waals surface area contributed by atoms with Crippen LogP contribution in [0.15, 0.2) is 0 Å². The summed E-state index contributed by atoms with van der Waals surface area (Å²) in [6, 6.07) is 0. The summed E-state index contributed by atoms with van der Waals surface area (Å²) >= 11 is 0. The summed E-state index contributed by atoms with van der Waals surface area (Å²) in [6.45, 7) is 1.42. The predicted octanol–water partition coefficient (Wildman–Crippen LogP) is -3.29. The van der Waals surface area contributed by atoms with Gasteiger partial charge in [-0.05, 0) is 0 Å². The average molecular weight is 175 g/mol. The molecule has 0 aliphatic heterocycles. The second-order valence-corrected chi connectivity index (χ2v) is 3.36. The molecule has 54 valence electrons. The monoisotopic (exact) mass is 175 g/mol. The molecule has 0 rings (SSSR count). The summed E-state index contributed by atoms with van der Waals surface area (Å²) in [5, 5.41) is 0. The summed E-state index contributed by atoms with van der Waals surface area (Å²) in [5.41, 5.74) is 0. The van der Waals surface area contributed by atoms with Gasteiger partial charge in [0.25, 0.3) is 10.1 Å². The van der Waals surface area contributed by atoms with Crippen molar-refractivity contribution < 1.29 is 47.3 Å². The molecule has 4 nitrogen and oxygen atoms in total. The molecule has 0 aliphatic rings. The van der Waals surface area contributed by atoms with Crippen LogP contribution < -0.4 is 29.6 Å². The maximum absolute atomic E-state index is 10.00. The number of rotatable bonds is 3. The van der Waals surface area contributed by atoms with Crippen LogP contribution in [0.1, 0.15) is 6.92 Å². The molecule has 0 aromatic rings. The largest absolute Gasteiger partial charge is 1.00 e. The van der Waals surface area contributed by atoms with E-state index in [4.69, 9.17) is 4.55 Å². The van der Waals surface area contributed by atoms with E-state index < -0.39 is 21.8 Å². The van der Waals surface area contributed by atoms with Crippen LogP contribution in [0.5, 0.6) is 0 Å². The zero-order valence-corrected chi connectivity index (χ0v) is 8.76. The normalized spacial score (nSPS) is 13.4. The SMILES string of the molecule is CC(C=O)CS(=O)(=O)O.[Na+]. The molecule has 10 heavy (non-hydrogen) atoms. The number of aldehydes is 1. The summed E-state index contributed by atoms with van der Waals surface area (Å²) < 4.78 is 28.1. The Kier molecular flexibility index (Phi) is 6.94.